The van der Waals surface area contributed by atoms with Crippen molar-refractivity contribution in [2.24, 2.45) is 0 Å². The Balaban J connectivity index is 1.47. The first-order valence-corrected chi connectivity index (χ1v) is 9.68. The molecule has 1 aliphatic carbocycles. The molecule has 0 atom stereocenters. The number of fused-ring (bicyclic) bond motifs is 2. The van der Waals surface area contributed by atoms with E-state index in [0.717, 1.165) is 23.1 Å². The van der Waals surface area contributed by atoms with Gasteiger partial charge in [0, 0.05) is 55.0 Å². The molecule has 1 aliphatic rings. The van der Waals surface area contributed by atoms with Crippen molar-refractivity contribution in [2.75, 3.05) is 11.9 Å². The summed E-state index contributed by atoms with van der Waals surface area (Å²) in [5.74, 6) is -2.54. The molecule has 154 valence electrons. The van der Waals surface area contributed by atoms with E-state index in [2.05, 4.69) is 30.7 Å². The summed E-state index contributed by atoms with van der Waals surface area (Å²) in [4.78, 5) is 24.5. The van der Waals surface area contributed by atoms with Gasteiger partial charge in [-0.05, 0) is 24.6 Å². The van der Waals surface area contributed by atoms with Crippen LogP contribution in [0, 0.1) is 0 Å². The van der Waals surface area contributed by atoms with Gasteiger partial charge >= 0.3 is 0 Å². The number of halogens is 2. The van der Waals surface area contributed by atoms with E-state index in [-0.39, 0.29) is 12.8 Å². The van der Waals surface area contributed by atoms with Crippen molar-refractivity contribution in [3.8, 4) is 11.1 Å². The van der Waals surface area contributed by atoms with Crippen molar-refractivity contribution in [3.63, 3.8) is 0 Å². The summed E-state index contributed by atoms with van der Waals surface area (Å²) in [7, 11) is 0. The normalized spacial score (nSPS) is 16.0. The summed E-state index contributed by atoms with van der Waals surface area (Å²) in [5, 5.41) is 10.8. The highest BCUT2D eigenvalue weighted by Crippen LogP contribution is 2.37. The van der Waals surface area contributed by atoms with Gasteiger partial charge < -0.3 is 15.6 Å². The van der Waals surface area contributed by atoms with Crippen LogP contribution >= 0.6 is 0 Å². The molecule has 0 aliphatic heterocycles. The molecule has 5 rings (SSSR count). The van der Waals surface area contributed by atoms with E-state index < -0.39 is 17.9 Å². The van der Waals surface area contributed by atoms with Crippen molar-refractivity contribution < 1.29 is 13.6 Å². The van der Waals surface area contributed by atoms with E-state index in [1.807, 2.05) is 25.3 Å². The Morgan fingerprint density at radius 1 is 1.37 bits per heavy atom. The number of pyridine rings is 1. The second-order valence-corrected chi connectivity index (χ2v) is 7.43. The Bertz CT molecular complexity index is 1250. The lowest BCUT2D eigenvalue weighted by molar-refractivity contribution is -0.0901. The number of rotatable bonds is 5. The van der Waals surface area contributed by atoms with E-state index in [9.17, 15) is 13.6 Å². The maximum absolute atomic E-state index is 13.1. The van der Waals surface area contributed by atoms with E-state index in [4.69, 9.17) is 0 Å². The zero-order valence-corrected chi connectivity index (χ0v) is 16.1. The van der Waals surface area contributed by atoms with Crippen LogP contribution in [0.3, 0.4) is 0 Å². The lowest BCUT2D eigenvalue weighted by atomic mass is 9.88. The lowest BCUT2D eigenvalue weighted by Gasteiger charge is -2.35. The highest BCUT2D eigenvalue weighted by atomic mass is 19.3. The van der Waals surface area contributed by atoms with Crippen molar-refractivity contribution in [1.82, 2.24) is 29.9 Å². The number of amides is 1. The molecule has 0 aromatic carbocycles. The number of nitrogens with zero attached hydrogens (tertiary/aromatic N) is 4. The van der Waals surface area contributed by atoms with Crippen LogP contribution in [0.5, 0.6) is 0 Å². The van der Waals surface area contributed by atoms with Crippen LogP contribution in [-0.4, -0.2) is 49.0 Å². The number of hydrogen-bond donors (Lipinski definition) is 3. The van der Waals surface area contributed by atoms with Crippen LogP contribution in [0.15, 0.2) is 36.9 Å². The van der Waals surface area contributed by atoms with Crippen molar-refractivity contribution in [1.29, 1.82) is 0 Å². The number of anilines is 1. The second kappa shape index (κ2) is 6.75. The van der Waals surface area contributed by atoms with Gasteiger partial charge in [-0.1, -0.05) is 0 Å². The average molecular weight is 411 g/mol. The predicted molar refractivity (Wildman–Crippen MR) is 108 cm³/mol. The summed E-state index contributed by atoms with van der Waals surface area (Å²) in [6.45, 7) is 2.69. The van der Waals surface area contributed by atoms with Crippen molar-refractivity contribution in [2.45, 2.75) is 31.7 Å². The second-order valence-electron chi connectivity index (χ2n) is 7.43. The van der Waals surface area contributed by atoms with Crippen LogP contribution in [-0.2, 0) is 0 Å². The van der Waals surface area contributed by atoms with Crippen LogP contribution in [0.2, 0.25) is 0 Å². The van der Waals surface area contributed by atoms with E-state index >= 15 is 0 Å². The number of hydrogen-bond acceptors (Lipinski definition) is 5. The third-order valence-corrected chi connectivity index (χ3v) is 5.27. The van der Waals surface area contributed by atoms with Gasteiger partial charge in [0.05, 0.1) is 17.3 Å². The molecule has 4 heterocycles. The predicted octanol–water partition coefficient (Wildman–Crippen LogP) is 3.23. The third kappa shape index (κ3) is 3.14. The van der Waals surface area contributed by atoms with Crippen LogP contribution in [0.25, 0.3) is 27.7 Å². The van der Waals surface area contributed by atoms with Gasteiger partial charge in [-0.25, -0.2) is 18.3 Å². The van der Waals surface area contributed by atoms with E-state index in [0.29, 0.717) is 22.7 Å². The van der Waals surface area contributed by atoms with Gasteiger partial charge in [-0.2, -0.15) is 10.1 Å². The Morgan fingerprint density at radius 3 is 2.97 bits per heavy atom. The maximum Gasteiger partial charge on any atom is 0.255 e. The molecule has 0 bridgehead atoms. The van der Waals surface area contributed by atoms with Gasteiger partial charge in [0.25, 0.3) is 11.8 Å². The van der Waals surface area contributed by atoms with Gasteiger partial charge in [0.15, 0.2) is 0 Å². The topological polar surface area (TPSA) is 100 Å². The molecule has 4 aromatic heterocycles. The summed E-state index contributed by atoms with van der Waals surface area (Å²) < 4.78 is 27.7. The molecular weight excluding hydrogens is 392 g/mol. The van der Waals surface area contributed by atoms with Gasteiger partial charge in [0.1, 0.15) is 5.65 Å². The third-order valence-electron chi connectivity index (χ3n) is 5.27. The number of H-pyrrole nitrogens is 1. The van der Waals surface area contributed by atoms with E-state index in [1.165, 1.54) is 6.20 Å². The Kier molecular flexibility index (Phi) is 4.16. The number of aromatic amines is 1. The summed E-state index contributed by atoms with van der Waals surface area (Å²) >= 11 is 0. The maximum atomic E-state index is 13.1. The van der Waals surface area contributed by atoms with Crippen molar-refractivity contribution in [3.05, 3.63) is 42.5 Å². The molecule has 0 spiro atoms. The fourth-order valence-corrected chi connectivity index (χ4v) is 3.74. The number of carbonyl (C=O) groups is 1. The summed E-state index contributed by atoms with van der Waals surface area (Å²) in [6, 6.07) is 3.22. The molecule has 0 unspecified atom stereocenters. The molecule has 4 aromatic rings. The van der Waals surface area contributed by atoms with Gasteiger partial charge in [-0.3, -0.25) is 4.79 Å². The van der Waals surface area contributed by atoms with Gasteiger partial charge in [0.2, 0.25) is 5.95 Å². The minimum Gasteiger partial charge on any atom is -0.354 e. The SMILES string of the molecule is CCNc1ncc2c(-c3ccn4ncc(C(=O)NC5CC(F)(F)C5)c4c3)c[nH]c2n1. The fraction of sp³-hybridized carbons (Fsp3) is 0.300. The number of alkyl halides is 2. The number of nitrogens with one attached hydrogen (secondary N) is 3. The molecule has 8 nitrogen and oxygen atoms in total. The number of aromatic nitrogens is 5. The van der Waals surface area contributed by atoms with Crippen LogP contribution < -0.4 is 10.6 Å². The zero-order valence-electron chi connectivity index (χ0n) is 16.1. The Labute approximate surface area is 169 Å². The molecule has 10 heteroatoms. The molecular formula is C20H19F2N7O. The van der Waals surface area contributed by atoms with Crippen LogP contribution in [0.4, 0.5) is 14.7 Å². The number of carbonyl (C=O) groups excluding carboxylic acids is 1. The molecule has 3 N–H and O–H groups in total. The monoisotopic (exact) mass is 411 g/mol. The van der Waals surface area contributed by atoms with Crippen LogP contribution in [0.1, 0.15) is 30.1 Å². The molecule has 30 heavy (non-hydrogen) atoms. The largest absolute Gasteiger partial charge is 0.354 e. The highest BCUT2D eigenvalue weighted by Gasteiger charge is 2.46. The molecule has 1 fully saturated rings. The minimum atomic E-state index is -2.68. The Hall–Kier alpha value is -3.56. The first-order chi connectivity index (χ1) is 14.4. The zero-order chi connectivity index (χ0) is 20.9. The average Bonchev–Trinajstić information content (AvgIpc) is 3.30. The summed E-state index contributed by atoms with van der Waals surface area (Å²) in [6.07, 6.45) is 6.14. The first kappa shape index (κ1) is 18.5. The smallest absolute Gasteiger partial charge is 0.255 e. The highest BCUT2D eigenvalue weighted by molar-refractivity contribution is 6.02. The Morgan fingerprint density at radius 2 is 2.20 bits per heavy atom. The van der Waals surface area contributed by atoms with Gasteiger partial charge in [-0.15, -0.1) is 0 Å². The van der Waals surface area contributed by atoms with Crippen molar-refractivity contribution >= 4 is 28.4 Å². The lowest BCUT2D eigenvalue weighted by Crippen LogP contribution is -2.50. The molecule has 0 saturated heterocycles. The summed E-state index contributed by atoms with van der Waals surface area (Å²) in [5.41, 5.74) is 3.39. The minimum absolute atomic E-state index is 0.326. The molecule has 1 amide bonds. The molecule has 0 radical (unpaired) electrons. The quantitative estimate of drug-likeness (QED) is 0.468. The molecule has 1 saturated carbocycles. The fourth-order valence-electron chi connectivity index (χ4n) is 3.74. The standard InChI is InChI=1S/C20H19F2N7O/c1-2-23-19-25-9-14-13(8-24-17(14)28-19)11-3-4-29-16(5-11)15(10-26-29)18(30)27-12-6-20(21,22)7-12/h3-5,8-10,12H,2,6-7H2,1H3,(H,27,30)(H2,23,24,25,28). The first-order valence-electron chi connectivity index (χ1n) is 9.68. The van der Waals surface area contributed by atoms with E-state index in [1.54, 1.807) is 16.9 Å².